The number of aromatic amines is 1. The van der Waals surface area contributed by atoms with Crippen LogP contribution in [0.15, 0.2) is 47.3 Å². The van der Waals surface area contributed by atoms with Crippen LogP contribution in [0, 0.1) is 6.92 Å². The van der Waals surface area contributed by atoms with Crippen molar-refractivity contribution in [2.75, 3.05) is 41.7 Å². The summed E-state index contributed by atoms with van der Waals surface area (Å²) in [6.45, 7) is 5.47. The van der Waals surface area contributed by atoms with Gasteiger partial charge >= 0.3 is 0 Å². The van der Waals surface area contributed by atoms with Crippen LogP contribution in [0.4, 0.5) is 17.7 Å². The minimum absolute atomic E-state index is 0.150. The molecule has 0 aliphatic carbocycles. The molecule has 3 N–H and O–H groups in total. The van der Waals surface area contributed by atoms with Crippen LogP contribution in [0.1, 0.15) is 5.56 Å². The van der Waals surface area contributed by atoms with Crippen molar-refractivity contribution in [3.05, 3.63) is 48.4 Å². The summed E-state index contributed by atoms with van der Waals surface area (Å²) in [7, 11) is 0. The molecule has 32 heavy (non-hydrogen) atoms. The third-order valence-corrected chi connectivity index (χ3v) is 5.88. The number of oxazole rings is 1. The molecule has 1 aliphatic rings. The predicted molar refractivity (Wildman–Crippen MR) is 122 cm³/mol. The lowest BCUT2D eigenvalue weighted by Gasteiger charge is -2.36. The minimum atomic E-state index is 0.150. The fraction of sp³-hybridized carbons (Fsp3) is 0.227. The number of benzene rings is 1. The zero-order valence-corrected chi connectivity index (χ0v) is 17.5. The highest BCUT2D eigenvalue weighted by Gasteiger charge is 2.24. The van der Waals surface area contributed by atoms with E-state index in [4.69, 9.17) is 10.2 Å². The van der Waals surface area contributed by atoms with Crippen molar-refractivity contribution in [2.45, 2.75) is 6.92 Å². The molecule has 0 spiro atoms. The van der Waals surface area contributed by atoms with Crippen molar-refractivity contribution in [2.24, 2.45) is 0 Å². The Morgan fingerprint density at radius 3 is 2.62 bits per heavy atom. The number of nitrogens with two attached hydrogens (primary N) is 1. The number of aryl methyl sites for hydroxylation is 1. The summed E-state index contributed by atoms with van der Waals surface area (Å²) in [5, 5.41) is 8.45. The van der Waals surface area contributed by atoms with Crippen LogP contribution in [0.5, 0.6) is 0 Å². The molecule has 0 radical (unpaired) electrons. The molecule has 1 aliphatic heterocycles. The topological polar surface area (TPSA) is 126 Å². The number of hydrogen-bond acceptors (Lipinski definition) is 9. The zero-order valence-electron chi connectivity index (χ0n) is 17.5. The van der Waals surface area contributed by atoms with Crippen LogP contribution in [0.2, 0.25) is 0 Å². The number of hydrogen-bond donors (Lipinski definition) is 2. The van der Waals surface area contributed by atoms with Crippen molar-refractivity contribution in [1.82, 2.24) is 30.1 Å². The van der Waals surface area contributed by atoms with Gasteiger partial charge in [0.1, 0.15) is 23.5 Å². The third-order valence-electron chi connectivity index (χ3n) is 5.88. The lowest BCUT2D eigenvalue weighted by atomic mass is 10.1. The molecule has 0 saturated carbocycles. The maximum atomic E-state index is 5.70. The number of pyridine rings is 1. The summed E-state index contributed by atoms with van der Waals surface area (Å²) in [6.07, 6.45) is 3.42. The van der Waals surface area contributed by atoms with Gasteiger partial charge in [0.15, 0.2) is 11.2 Å². The van der Waals surface area contributed by atoms with Crippen LogP contribution in [-0.4, -0.2) is 56.3 Å². The van der Waals surface area contributed by atoms with Crippen LogP contribution < -0.4 is 15.5 Å². The maximum absolute atomic E-state index is 5.70. The molecular formula is C22H21N9O. The van der Waals surface area contributed by atoms with Gasteiger partial charge in [-0.3, -0.25) is 5.10 Å². The predicted octanol–water partition coefficient (Wildman–Crippen LogP) is 2.77. The van der Waals surface area contributed by atoms with E-state index in [2.05, 4.69) is 52.9 Å². The maximum Gasteiger partial charge on any atom is 0.292 e. The minimum Gasteiger partial charge on any atom is -0.424 e. The van der Waals surface area contributed by atoms with Gasteiger partial charge in [-0.25, -0.2) is 15.0 Å². The van der Waals surface area contributed by atoms with Crippen LogP contribution in [0.3, 0.4) is 0 Å². The molecule has 1 aromatic carbocycles. The molecule has 10 nitrogen and oxygen atoms in total. The molecule has 0 unspecified atom stereocenters. The Morgan fingerprint density at radius 1 is 1.00 bits per heavy atom. The Labute approximate surface area is 183 Å². The monoisotopic (exact) mass is 427 g/mol. The van der Waals surface area contributed by atoms with E-state index in [-0.39, 0.29) is 6.01 Å². The first kappa shape index (κ1) is 18.6. The number of H-pyrrole nitrogens is 1. The van der Waals surface area contributed by atoms with Gasteiger partial charge in [0.2, 0.25) is 0 Å². The van der Waals surface area contributed by atoms with Gasteiger partial charge in [-0.15, -0.1) is 0 Å². The number of anilines is 3. The zero-order chi connectivity index (χ0) is 21.7. The highest BCUT2D eigenvalue weighted by atomic mass is 16.4. The number of piperazine rings is 1. The number of nitrogens with zero attached hydrogens (tertiary/aromatic N) is 7. The number of fused-ring (bicyclic) bond motifs is 2. The SMILES string of the molecule is Cc1cccnc1N1CCN(c2ncnc3n[nH]c(-c4ccc5oc(N)nc5c4)c23)CC1. The summed E-state index contributed by atoms with van der Waals surface area (Å²) < 4.78 is 5.40. The van der Waals surface area contributed by atoms with E-state index in [0.29, 0.717) is 16.7 Å². The lowest BCUT2D eigenvalue weighted by molar-refractivity contribution is 0.626. The van der Waals surface area contributed by atoms with Crippen LogP contribution in [-0.2, 0) is 0 Å². The van der Waals surface area contributed by atoms with Crippen LogP contribution >= 0.6 is 0 Å². The first-order chi connectivity index (χ1) is 15.7. The average Bonchev–Trinajstić information content (AvgIpc) is 3.41. The summed E-state index contributed by atoms with van der Waals surface area (Å²) in [6, 6.07) is 9.96. The van der Waals surface area contributed by atoms with Gasteiger partial charge in [-0.2, -0.15) is 10.1 Å². The third kappa shape index (κ3) is 2.99. The molecule has 4 aromatic heterocycles. The van der Waals surface area contributed by atoms with Crippen LogP contribution in [0.25, 0.3) is 33.4 Å². The van der Waals surface area contributed by atoms with Gasteiger partial charge in [0.25, 0.3) is 6.01 Å². The highest BCUT2D eigenvalue weighted by Crippen LogP contribution is 2.34. The van der Waals surface area contributed by atoms with E-state index >= 15 is 0 Å². The molecule has 1 saturated heterocycles. The summed E-state index contributed by atoms with van der Waals surface area (Å²) in [5.74, 6) is 1.92. The molecule has 0 atom stereocenters. The number of nitrogens with one attached hydrogen (secondary N) is 1. The summed E-state index contributed by atoms with van der Waals surface area (Å²) >= 11 is 0. The molecule has 160 valence electrons. The molecule has 6 rings (SSSR count). The quantitative estimate of drug-likeness (QED) is 0.447. The lowest BCUT2D eigenvalue weighted by Crippen LogP contribution is -2.47. The Hall–Kier alpha value is -4.21. The van der Waals surface area contributed by atoms with E-state index in [1.165, 1.54) is 5.56 Å². The number of aromatic nitrogens is 6. The van der Waals surface area contributed by atoms with Gasteiger partial charge < -0.3 is 20.0 Å². The smallest absolute Gasteiger partial charge is 0.292 e. The van der Waals surface area contributed by atoms with Crippen molar-refractivity contribution >= 4 is 39.8 Å². The Morgan fingerprint density at radius 2 is 1.81 bits per heavy atom. The Balaban J connectivity index is 1.35. The van der Waals surface area contributed by atoms with Gasteiger partial charge in [0, 0.05) is 37.9 Å². The van der Waals surface area contributed by atoms with E-state index < -0.39 is 0 Å². The van der Waals surface area contributed by atoms with Gasteiger partial charge in [-0.1, -0.05) is 6.07 Å². The number of nitrogen functional groups attached to an aromatic ring is 1. The van der Waals surface area contributed by atoms with Crippen molar-refractivity contribution in [3.63, 3.8) is 0 Å². The summed E-state index contributed by atoms with van der Waals surface area (Å²) in [5.41, 5.74) is 10.6. The standard InChI is InChI=1S/C22H21N9O/c1-13-3-2-6-24-20(13)30-7-9-31(10-8-30)21-17-18(28-29-19(17)25-12-26-21)14-4-5-16-15(11-14)27-22(23)32-16/h2-6,11-12H,7-10H2,1H3,(H2,23,27)(H,25,26,28,29). The van der Waals surface area contributed by atoms with E-state index in [9.17, 15) is 0 Å². The van der Waals surface area contributed by atoms with E-state index in [1.54, 1.807) is 6.33 Å². The van der Waals surface area contributed by atoms with Crippen molar-refractivity contribution in [3.8, 4) is 11.3 Å². The van der Waals surface area contributed by atoms with E-state index in [0.717, 1.165) is 54.5 Å². The Kier molecular flexibility index (Phi) is 4.17. The molecule has 0 bridgehead atoms. The van der Waals surface area contributed by atoms with Crippen molar-refractivity contribution < 1.29 is 4.42 Å². The second-order valence-electron chi connectivity index (χ2n) is 7.85. The largest absolute Gasteiger partial charge is 0.424 e. The van der Waals surface area contributed by atoms with Gasteiger partial charge in [0.05, 0.1) is 11.1 Å². The molecule has 5 aromatic rings. The van der Waals surface area contributed by atoms with Gasteiger partial charge in [-0.05, 0) is 36.8 Å². The summed E-state index contributed by atoms with van der Waals surface area (Å²) in [4.78, 5) is 22.4. The number of rotatable bonds is 3. The highest BCUT2D eigenvalue weighted by molar-refractivity contribution is 6.00. The first-order valence-corrected chi connectivity index (χ1v) is 10.4. The Bertz CT molecular complexity index is 1430. The van der Waals surface area contributed by atoms with E-state index in [1.807, 2.05) is 30.5 Å². The average molecular weight is 427 g/mol. The fourth-order valence-electron chi connectivity index (χ4n) is 4.33. The molecular weight excluding hydrogens is 406 g/mol. The fourth-order valence-corrected chi connectivity index (χ4v) is 4.33. The second-order valence-corrected chi connectivity index (χ2v) is 7.85. The molecule has 5 heterocycles. The normalized spacial score (nSPS) is 14.5. The first-order valence-electron chi connectivity index (χ1n) is 10.4. The molecule has 1 fully saturated rings. The molecule has 0 amide bonds. The van der Waals surface area contributed by atoms with Crippen molar-refractivity contribution in [1.29, 1.82) is 0 Å². The second kappa shape index (κ2) is 7.19. The molecule has 10 heteroatoms.